The molecule has 0 amide bonds. The van der Waals surface area contributed by atoms with Gasteiger partial charge < -0.3 is 4.40 Å². The van der Waals surface area contributed by atoms with Gasteiger partial charge in [0.25, 0.3) is 0 Å². The highest BCUT2D eigenvalue weighted by Crippen LogP contribution is 2.22. The molecule has 3 heteroatoms. The Morgan fingerprint density at radius 1 is 1.50 bits per heavy atom. The molecule has 0 atom stereocenters. The minimum Gasteiger partial charge on any atom is -0.304 e. The second kappa shape index (κ2) is 2.68. The van der Waals surface area contributed by atoms with Crippen molar-refractivity contribution in [3.05, 3.63) is 28.4 Å². The van der Waals surface area contributed by atoms with Gasteiger partial charge in [-0.05, 0) is 25.5 Å². The first-order chi connectivity index (χ1) is 5.74. The van der Waals surface area contributed by atoms with Crippen LogP contribution in [0.1, 0.15) is 17.0 Å². The fourth-order valence-electron chi connectivity index (χ4n) is 1.41. The molecule has 0 aromatic carbocycles. The summed E-state index contributed by atoms with van der Waals surface area (Å²) in [6.07, 6.45) is 0. The number of aromatic nitrogens is 1. The molecular weight excluding hydrogens is 186 g/mol. The molecule has 0 aliphatic heterocycles. The standard InChI is InChI=1S/C9H9NS2/c1-6-3-9-10(8(6)4-11)7(2)5-12-9/h3-5H,1-2H3. The monoisotopic (exact) mass is 195 g/mol. The summed E-state index contributed by atoms with van der Waals surface area (Å²) in [6.45, 7) is 4.20. The summed E-state index contributed by atoms with van der Waals surface area (Å²) in [5.41, 5.74) is 3.68. The van der Waals surface area contributed by atoms with Gasteiger partial charge >= 0.3 is 0 Å². The van der Waals surface area contributed by atoms with Crippen LogP contribution in [0, 0.1) is 13.8 Å². The van der Waals surface area contributed by atoms with Crippen LogP contribution in [0.15, 0.2) is 11.4 Å². The average Bonchev–Trinajstić information content (AvgIpc) is 2.52. The Balaban J connectivity index is 2.93. The Kier molecular flexibility index (Phi) is 1.77. The minimum atomic E-state index is 1.15. The number of thiocarbonyl (C=S) groups is 1. The van der Waals surface area contributed by atoms with Crippen LogP contribution >= 0.6 is 23.6 Å². The maximum absolute atomic E-state index is 4.97. The third-order valence-corrected chi connectivity index (χ3v) is 3.24. The van der Waals surface area contributed by atoms with Crippen LogP contribution in [-0.2, 0) is 0 Å². The summed E-state index contributed by atoms with van der Waals surface area (Å²) in [6, 6.07) is 2.18. The first-order valence-corrected chi connectivity index (χ1v) is 5.10. The van der Waals surface area contributed by atoms with E-state index in [2.05, 4.69) is 29.7 Å². The lowest BCUT2D eigenvalue weighted by molar-refractivity contribution is 1.12. The lowest BCUT2D eigenvalue weighted by Gasteiger charge is -1.94. The number of fused-ring (bicyclic) bond motifs is 1. The fraction of sp³-hybridized carbons (Fsp3) is 0.222. The Bertz CT molecular complexity index is 436. The summed E-state index contributed by atoms with van der Waals surface area (Å²) in [5, 5.41) is 3.90. The van der Waals surface area contributed by atoms with Crippen molar-refractivity contribution in [2.75, 3.05) is 0 Å². The molecule has 0 N–H and O–H groups in total. The van der Waals surface area contributed by atoms with Crippen molar-refractivity contribution in [1.29, 1.82) is 0 Å². The van der Waals surface area contributed by atoms with Gasteiger partial charge in [-0.2, -0.15) is 0 Å². The van der Waals surface area contributed by atoms with Crippen LogP contribution in [0.4, 0.5) is 0 Å². The molecule has 1 nitrogen and oxygen atoms in total. The molecule has 0 unspecified atom stereocenters. The van der Waals surface area contributed by atoms with Crippen LogP contribution in [-0.4, -0.2) is 9.77 Å². The highest BCUT2D eigenvalue weighted by molar-refractivity contribution is 7.79. The second-order valence-electron chi connectivity index (χ2n) is 2.88. The molecule has 0 aliphatic carbocycles. The molecule has 2 heterocycles. The SMILES string of the molecule is Cc1cc2scc(C)n2c1C=S. The predicted molar refractivity (Wildman–Crippen MR) is 57.5 cm³/mol. The number of rotatable bonds is 1. The van der Waals surface area contributed by atoms with Crippen molar-refractivity contribution >= 4 is 33.8 Å². The van der Waals surface area contributed by atoms with Gasteiger partial charge in [-0.1, -0.05) is 12.2 Å². The number of thiazole rings is 1. The van der Waals surface area contributed by atoms with Gasteiger partial charge in [0.05, 0.1) is 5.69 Å². The van der Waals surface area contributed by atoms with E-state index in [-0.39, 0.29) is 0 Å². The zero-order valence-electron chi connectivity index (χ0n) is 7.00. The van der Waals surface area contributed by atoms with Crippen LogP contribution < -0.4 is 0 Å². The lowest BCUT2D eigenvalue weighted by Crippen LogP contribution is -1.91. The van der Waals surface area contributed by atoms with Crippen molar-refractivity contribution in [2.24, 2.45) is 0 Å². The van der Waals surface area contributed by atoms with Crippen molar-refractivity contribution in [2.45, 2.75) is 13.8 Å². The smallest absolute Gasteiger partial charge is 0.100 e. The average molecular weight is 195 g/mol. The van der Waals surface area contributed by atoms with Crippen LogP contribution in [0.5, 0.6) is 0 Å². The molecule has 0 aliphatic rings. The van der Waals surface area contributed by atoms with Crippen LogP contribution in [0.3, 0.4) is 0 Å². The molecule has 12 heavy (non-hydrogen) atoms. The van der Waals surface area contributed by atoms with Gasteiger partial charge in [0, 0.05) is 16.4 Å². The quantitative estimate of drug-likeness (QED) is 0.633. The summed E-state index contributed by atoms with van der Waals surface area (Å²) in [7, 11) is 0. The maximum atomic E-state index is 4.97. The van der Waals surface area contributed by atoms with E-state index in [9.17, 15) is 0 Å². The highest BCUT2D eigenvalue weighted by atomic mass is 32.1. The normalized spacial score (nSPS) is 10.8. The first-order valence-electron chi connectivity index (χ1n) is 3.75. The molecule has 2 aromatic heterocycles. The number of hydrogen-bond donors (Lipinski definition) is 0. The highest BCUT2D eigenvalue weighted by Gasteiger charge is 2.06. The third-order valence-electron chi connectivity index (χ3n) is 2.02. The van der Waals surface area contributed by atoms with E-state index in [0.717, 1.165) is 5.69 Å². The summed E-state index contributed by atoms with van der Waals surface area (Å²) < 4.78 is 2.20. The van der Waals surface area contributed by atoms with Crippen LogP contribution in [0.2, 0.25) is 0 Å². The minimum absolute atomic E-state index is 1.15. The Morgan fingerprint density at radius 3 is 2.92 bits per heavy atom. The Morgan fingerprint density at radius 2 is 2.25 bits per heavy atom. The Labute approximate surface area is 80.6 Å². The van der Waals surface area contributed by atoms with Crippen molar-refractivity contribution < 1.29 is 0 Å². The van der Waals surface area contributed by atoms with E-state index < -0.39 is 0 Å². The van der Waals surface area contributed by atoms with Gasteiger partial charge in [0.15, 0.2) is 0 Å². The predicted octanol–water partition coefficient (Wildman–Crippen LogP) is 2.97. The van der Waals surface area contributed by atoms with Crippen molar-refractivity contribution in [3.63, 3.8) is 0 Å². The molecule has 2 aromatic rings. The van der Waals surface area contributed by atoms with E-state index >= 15 is 0 Å². The van der Waals surface area contributed by atoms with Crippen molar-refractivity contribution in [1.82, 2.24) is 4.40 Å². The molecule has 0 saturated carbocycles. The van der Waals surface area contributed by atoms with Crippen LogP contribution in [0.25, 0.3) is 4.83 Å². The van der Waals surface area contributed by atoms with E-state index in [0.29, 0.717) is 0 Å². The van der Waals surface area contributed by atoms with Gasteiger partial charge in [0.1, 0.15) is 4.83 Å². The van der Waals surface area contributed by atoms with E-state index in [1.54, 1.807) is 16.7 Å². The molecule has 0 radical (unpaired) electrons. The number of nitrogens with zero attached hydrogens (tertiary/aromatic N) is 1. The van der Waals surface area contributed by atoms with Gasteiger partial charge in [-0.25, -0.2) is 0 Å². The molecular formula is C9H9NS2. The fourth-order valence-corrected chi connectivity index (χ4v) is 2.69. The van der Waals surface area contributed by atoms with E-state index in [1.807, 2.05) is 0 Å². The molecule has 0 saturated heterocycles. The second-order valence-corrected chi connectivity index (χ2v) is 4.01. The number of aryl methyl sites for hydroxylation is 2. The van der Waals surface area contributed by atoms with Crippen molar-refractivity contribution in [3.8, 4) is 0 Å². The van der Waals surface area contributed by atoms with Gasteiger partial charge in [-0.3, -0.25) is 0 Å². The zero-order chi connectivity index (χ0) is 8.72. The maximum Gasteiger partial charge on any atom is 0.100 e. The van der Waals surface area contributed by atoms with Gasteiger partial charge in [0.2, 0.25) is 0 Å². The summed E-state index contributed by atoms with van der Waals surface area (Å²) in [5.74, 6) is 0. The zero-order valence-corrected chi connectivity index (χ0v) is 8.63. The largest absolute Gasteiger partial charge is 0.304 e. The van der Waals surface area contributed by atoms with E-state index in [1.165, 1.54) is 16.1 Å². The molecule has 62 valence electrons. The molecule has 0 spiro atoms. The lowest BCUT2D eigenvalue weighted by atomic mass is 10.3. The van der Waals surface area contributed by atoms with Gasteiger partial charge in [-0.15, -0.1) is 11.3 Å². The Hall–Kier alpha value is -0.670. The number of hydrogen-bond acceptors (Lipinski definition) is 2. The summed E-state index contributed by atoms with van der Waals surface area (Å²) >= 11 is 6.73. The molecule has 0 bridgehead atoms. The topological polar surface area (TPSA) is 4.41 Å². The third kappa shape index (κ3) is 0.934. The molecule has 2 rings (SSSR count). The first kappa shape index (κ1) is 7.95. The summed E-state index contributed by atoms with van der Waals surface area (Å²) in [4.78, 5) is 1.28. The molecule has 0 fully saturated rings. The van der Waals surface area contributed by atoms with E-state index in [4.69, 9.17) is 12.2 Å².